The van der Waals surface area contributed by atoms with Gasteiger partial charge >= 0.3 is 0 Å². The Morgan fingerprint density at radius 1 is 1.00 bits per heavy atom. The van der Waals surface area contributed by atoms with Gasteiger partial charge in [-0.1, -0.05) is 48.0 Å². The quantitative estimate of drug-likeness (QED) is 0.653. The number of sulfone groups is 1. The van der Waals surface area contributed by atoms with E-state index in [-0.39, 0.29) is 17.9 Å². The molecule has 7 heteroatoms. The Balaban J connectivity index is 1.67. The average molecular weight is 410 g/mol. The third-order valence-corrected chi connectivity index (χ3v) is 5.25. The van der Waals surface area contributed by atoms with Crippen LogP contribution >= 0.6 is 0 Å². The number of pyridine rings is 1. The topological polar surface area (TPSA) is 96.1 Å². The maximum atomic E-state index is 12.4. The first-order valence-corrected chi connectivity index (χ1v) is 11.1. The number of hydrogen-bond donors (Lipinski definition) is 2. The van der Waals surface area contributed by atoms with Crippen LogP contribution in [0.15, 0.2) is 65.5 Å². The standard InChI is InChI=1S/C22H22N2O4S/c1-15-4-3-5-18(12-15)20-11-10-19(22(26)24-20)21(25)23-13-16-6-8-17(9-7-16)14-29(2,27)28/h3-12H,13-14H2,1-2H3,(H,23,25)(H,24,26). The first-order valence-electron chi connectivity index (χ1n) is 9.05. The van der Waals surface area contributed by atoms with Crippen molar-refractivity contribution >= 4 is 15.7 Å². The minimum Gasteiger partial charge on any atom is -0.348 e. The van der Waals surface area contributed by atoms with Gasteiger partial charge in [-0.15, -0.1) is 0 Å². The van der Waals surface area contributed by atoms with Crippen molar-refractivity contribution in [3.05, 3.63) is 93.3 Å². The molecule has 0 radical (unpaired) electrons. The Bertz CT molecular complexity index is 1200. The van der Waals surface area contributed by atoms with Crippen molar-refractivity contribution in [1.29, 1.82) is 0 Å². The molecule has 0 atom stereocenters. The second-order valence-electron chi connectivity index (χ2n) is 7.05. The molecule has 1 aromatic heterocycles. The first kappa shape index (κ1) is 20.5. The van der Waals surface area contributed by atoms with E-state index in [2.05, 4.69) is 10.3 Å². The highest BCUT2D eigenvalue weighted by Gasteiger charge is 2.12. The maximum absolute atomic E-state index is 12.4. The number of nitrogens with one attached hydrogen (secondary N) is 2. The van der Waals surface area contributed by atoms with E-state index in [0.29, 0.717) is 11.3 Å². The van der Waals surface area contributed by atoms with Gasteiger partial charge in [-0.05, 0) is 41.8 Å². The molecule has 150 valence electrons. The number of rotatable bonds is 6. The van der Waals surface area contributed by atoms with Crippen molar-refractivity contribution in [1.82, 2.24) is 10.3 Å². The van der Waals surface area contributed by atoms with Crippen molar-refractivity contribution in [2.24, 2.45) is 0 Å². The van der Waals surface area contributed by atoms with E-state index in [4.69, 9.17) is 0 Å². The van der Waals surface area contributed by atoms with E-state index in [0.717, 1.165) is 16.7 Å². The molecule has 1 heterocycles. The zero-order chi connectivity index (χ0) is 21.0. The van der Waals surface area contributed by atoms with Crippen LogP contribution < -0.4 is 10.9 Å². The van der Waals surface area contributed by atoms with Gasteiger partial charge in [0, 0.05) is 18.5 Å². The van der Waals surface area contributed by atoms with Crippen LogP contribution in [-0.4, -0.2) is 25.6 Å². The number of benzene rings is 2. The molecule has 0 aliphatic rings. The third kappa shape index (κ3) is 5.65. The molecular weight excluding hydrogens is 388 g/mol. The number of amides is 1. The number of carbonyl (C=O) groups excluding carboxylic acids is 1. The first-order chi connectivity index (χ1) is 13.7. The molecule has 0 spiro atoms. The summed E-state index contributed by atoms with van der Waals surface area (Å²) in [5.41, 5.74) is 3.68. The molecule has 2 N–H and O–H groups in total. The predicted molar refractivity (Wildman–Crippen MR) is 113 cm³/mol. The highest BCUT2D eigenvalue weighted by atomic mass is 32.2. The van der Waals surface area contributed by atoms with Gasteiger partial charge in [0.1, 0.15) is 5.56 Å². The Hall–Kier alpha value is -3.19. The molecule has 29 heavy (non-hydrogen) atoms. The lowest BCUT2D eigenvalue weighted by Crippen LogP contribution is -2.29. The summed E-state index contributed by atoms with van der Waals surface area (Å²) in [6.07, 6.45) is 1.18. The van der Waals surface area contributed by atoms with Crippen LogP contribution in [0.25, 0.3) is 11.3 Å². The molecule has 0 aliphatic heterocycles. The van der Waals surface area contributed by atoms with Gasteiger partial charge in [0.05, 0.1) is 5.75 Å². The Morgan fingerprint density at radius 3 is 2.31 bits per heavy atom. The average Bonchev–Trinajstić information content (AvgIpc) is 2.66. The molecule has 3 rings (SSSR count). The van der Waals surface area contributed by atoms with Crippen molar-refractivity contribution in [2.75, 3.05) is 6.26 Å². The van der Waals surface area contributed by atoms with Gasteiger partial charge < -0.3 is 10.3 Å². The summed E-state index contributed by atoms with van der Waals surface area (Å²) in [5, 5.41) is 2.71. The predicted octanol–water partition coefficient (Wildman–Crippen LogP) is 2.82. The van der Waals surface area contributed by atoms with Crippen LogP contribution in [0.4, 0.5) is 0 Å². The van der Waals surface area contributed by atoms with Gasteiger partial charge in [-0.25, -0.2) is 8.42 Å². The summed E-state index contributed by atoms with van der Waals surface area (Å²) in [6, 6.07) is 17.9. The second kappa shape index (κ2) is 8.45. The van der Waals surface area contributed by atoms with Crippen molar-refractivity contribution < 1.29 is 13.2 Å². The lowest BCUT2D eigenvalue weighted by molar-refractivity contribution is 0.0949. The number of carbonyl (C=O) groups is 1. The Morgan fingerprint density at radius 2 is 1.69 bits per heavy atom. The molecule has 0 bridgehead atoms. The second-order valence-corrected chi connectivity index (χ2v) is 9.19. The van der Waals surface area contributed by atoms with E-state index < -0.39 is 21.3 Å². The summed E-state index contributed by atoms with van der Waals surface area (Å²) < 4.78 is 22.7. The highest BCUT2D eigenvalue weighted by molar-refractivity contribution is 7.89. The molecule has 0 unspecified atom stereocenters. The number of aromatic nitrogens is 1. The zero-order valence-electron chi connectivity index (χ0n) is 16.2. The smallest absolute Gasteiger partial charge is 0.261 e. The van der Waals surface area contributed by atoms with E-state index in [9.17, 15) is 18.0 Å². The summed E-state index contributed by atoms with van der Waals surface area (Å²) in [4.78, 5) is 27.5. The fourth-order valence-corrected chi connectivity index (χ4v) is 3.77. The molecule has 3 aromatic rings. The van der Waals surface area contributed by atoms with Crippen LogP contribution in [-0.2, 0) is 22.1 Å². The lowest BCUT2D eigenvalue weighted by atomic mass is 10.1. The highest BCUT2D eigenvalue weighted by Crippen LogP contribution is 2.17. The molecule has 6 nitrogen and oxygen atoms in total. The van der Waals surface area contributed by atoms with E-state index in [1.165, 1.54) is 12.3 Å². The zero-order valence-corrected chi connectivity index (χ0v) is 17.0. The van der Waals surface area contributed by atoms with Crippen molar-refractivity contribution in [3.8, 4) is 11.3 Å². The molecule has 0 fully saturated rings. The molecule has 2 aromatic carbocycles. The number of H-pyrrole nitrogens is 1. The van der Waals surface area contributed by atoms with Crippen LogP contribution in [0.5, 0.6) is 0 Å². The van der Waals surface area contributed by atoms with Crippen LogP contribution in [0.3, 0.4) is 0 Å². The van der Waals surface area contributed by atoms with Crippen LogP contribution in [0.1, 0.15) is 27.0 Å². The SMILES string of the molecule is Cc1cccc(-c2ccc(C(=O)NCc3ccc(CS(C)(=O)=O)cc3)c(=O)[nH]2)c1. The van der Waals surface area contributed by atoms with Crippen molar-refractivity contribution in [2.45, 2.75) is 19.2 Å². The van der Waals surface area contributed by atoms with Gasteiger partial charge in [-0.2, -0.15) is 0 Å². The molecule has 0 saturated heterocycles. The lowest BCUT2D eigenvalue weighted by Gasteiger charge is -2.08. The molecule has 0 saturated carbocycles. The summed E-state index contributed by atoms with van der Waals surface area (Å²) in [5.74, 6) is -0.496. The molecule has 0 aliphatic carbocycles. The minimum absolute atomic E-state index is 0.0255. The van der Waals surface area contributed by atoms with Crippen molar-refractivity contribution in [3.63, 3.8) is 0 Å². The molecule has 1 amide bonds. The van der Waals surface area contributed by atoms with Crippen LogP contribution in [0, 0.1) is 6.92 Å². The number of aryl methyl sites for hydroxylation is 1. The fourth-order valence-electron chi connectivity index (χ4n) is 2.97. The van der Waals surface area contributed by atoms with E-state index in [1.54, 1.807) is 30.3 Å². The minimum atomic E-state index is -3.09. The third-order valence-electron chi connectivity index (χ3n) is 4.39. The summed E-state index contributed by atoms with van der Waals surface area (Å²) in [6.45, 7) is 2.20. The van der Waals surface area contributed by atoms with Gasteiger partial charge in [0.15, 0.2) is 9.84 Å². The largest absolute Gasteiger partial charge is 0.348 e. The number of hydrogen-bond acceptors (Lipinski definition) is 4. The monoisotopic (exact) mass is 410 g/mol. The number of aromatic amines is 1. The Labute approximate surface area is 169 Å². The normalized spacial score (nSPS) is 11.2. The van der Waals surface area contributed by atoms with Gasteiger partial charge in [0.25, 0.3) is 11.5 Å². The summed E-state index contributed by atoms with van der Waals surface area (Å²) >= 11 is 0. The molecular formula is C22H22N2O4S. The fraction of sp³-hybridized carbons (Fsp3) is 0.182. The van der Waals surface area contributed by atoms with Crippen LogP contribution in [0.2, 0.25) is 0 Å². The van der Waals surface area contributed by atoms with Gasteiger partial charge in [-0.3, -0.25) is 9.59 Å². The maximum Gasteiger partial charge on any atom is 0.261 e. The Kier molecular flexibility index (Phi) is 5.98. The van der Waals surface area contributed by atoms with Gasteiger partial charge in [0.2, 0.25) is 0 Å². The van der Waals surface area contributed by atoms with E-state index in [1.807, 2.05) is 31.2 Å². The summed E-state index contributed by atoms with van der Waals surface area (Å²) in [7, 11) is -3.09. The van der Waals surface area contributed by atoms with E-state index >= 15 is 0 Å².